The molecule has 0 saturated carbocycles. The lowest BCUT2D eigenvalue weighted by molar-refractivity contribution is 0.142. The van der Waals surface area contributed by atoms with Gasteiger partial charge in [0.2, 0.25) is 0 Å². The third kappa shape index (κ3) is 3.71. The van der Waals surface area contributed by atoms with Crippen molar-refractivity contribution in [3.05, 3.63) is 47.3 Å². The normalized spacial score (nSPS) is 20.2. The molecule has 1 aromatic carbocycles. The maximum atomic E-state index is 12.9. The molecule has 6 rings (SSSR count). The van der Waals surface area contributed by atoms with Crippen LogP contribution in [-0.4, -0.2) is 69.0 Å². The van der Waals surface area contributed by atoms with Gasteiger partial charge in [0, 0.05) is 44.0 Å². The van der Waals surface area contributed by atoms with Gasteiger partial charge in [-0.05, 0) is 48.9 Å². The van der Waals surface area contributed by atoms with Gasteiger partial charge < -0.3 is 19.4 Å². The summed E-state index contributed by atoms with van der Waals surface area (Å²) in [5.74, 6) is 1.32. The maximum absolute atomic E-state index is 12.9. The van der Waals surface area contributed by atoms with E-state index in [1.54, 1.807) is 11.6 Å². The summed E-state index contributed by atoms with van der Waals surface area (Å²) in [6.07, 6.45) is 6.58. The molecular weight excluding hydrogens is 420 g/mol. The second-order valence-corrected chi connectivity index (χ2v) is 9.12. The van der Waals surface area contributed by atoms with Gasteiger partial charge >= 0.3 is 5.69 Å². The van der Waals surface area contributed by atoms with E-state index >= 15 is 0 Å². The first-order chi connectivity index (χ1) is 16.2. The molecule has 0 bridgehead atoms. The molecule has 0 aliphatic carbocycles. The Labute approximate surface area is 190 Å². The molecule has 4 aromatic rings. The first-order valence-electron chi connectivity index (χ1n) is 11.6. The molecule has 1 N–H and O–H groups in total. The fraction of sp³-hybridized carbons (Fsp3) is 0.458. The van der Waals surface area contributed by atoms with E-state index in [0.29, 0.717) is 17.3 Å². The number of hydrogen-bond acceptors (Lipinski definition) is 6. The minimum absolute atomic E-state index is 0.0332. The van der Waals surface area contributed by atoms with Crippen LogP contribution in [0.5, 0.6) is 5.75 Å². The van der Waals surface area contributed by atoms with Crippen molar-refractivity contribution in [1.29, 1.82) is 0 Å². The van der Waals surface area contributed by atoms with Gasteiger partial charge in [0.05, 0.1) is 24.8 Å². The first-order valence-corrected chi connectivity index (χ1v) is 11.6. The number of methoxy groups -OCH3 is 1. The van der Waals surface area contributed by atoms with Crippen molar-refractivity contribution in [3.8, 4) is 16.9 Å². The molecule has 5 heterocycles. The van der Waals surface area contributed by atoms with Crippen molar-refractivity contribution in [3.63, 3.8) is 0 Å². The average Bonchev–Trinajstić information content (AvgIpc) is 3.58. The summed E-state index contributed by atoms with van der Waals surface area (Å²) in [4.78, 5) is 22.8. The minimum Gasteiger partial charge on any atom is -0.493 e. The van der Waals surface area contributed by atoms with Crippen molar-refractivity contribution in [2.45, 2.75) is 25.3 Å². The molecule has 0 spiro atoms. The van der Waals surface area contributed by atoms with Crippen LogP contribution in [0.3, 0.4) is 0 Å². The molecule has 2 saturated heterocycles. The quantitative estimate of drug-likeness (QED) is 0.505. The Bertz CT molecular complexity index is 1340. The van der Waals surface area contributed by atoms with Crippen LogP contribution in [0.15, 0.2) is 41.6 Å². The van der Waals surface area contributed by atoms with Crippen LogP contribution in [0.4, 0.5) is 0 Å². The third-order valence-electron chi connectivity index (χ3n) is 7.07. The largest absolute Gasteiger partial charge is 0.493 e. The maximum Gasteiger partial charge on any atom is 0.326 e. The van der Waals surface area contributed by atoms with Crippen LogP contribution in [0, 0.1) is 5.92 Å². The summed E-state index contributed by atoms with van der Waals surface area (Å²) >= 11 is 0. The smallest absolute Gasteiger partial charge is 0.326 e. The fourth-order valence-corrected chi connectivity index (χ4v) is 5.33. The van der Waals surface area contributed by atoms with Gasteiger partial charge in [0.1, 0.15) is 6.33 Å². The van der Waals surface area contributed by atoms with Gasteiger partial charge in [-0.25, -0.2) is 14.3 Å². The molecule has 2 aliphatic heterocycles. The Morgan fingerprint density at radius 2 is 2.06 bits per heavy atom. The Morgan fingerprint density at radius 3 is 2.85 bits per heavy atom. The van der Waals surface area contributed by atoms with Crippen molar-refractivity contribution in [2.24, 2.45) is 5.92 Å². The number of imidazole rings is 1. The second-order valence-electron chi connectivity index (χ2n) is 9.12. The molecule has 1 atom stereocenters. The lowest BCUT2D eigenvalue weighted by Gasteiger charge is -2.33. The zero-order valence-electron chi connectivity index (χ0n) is 18.7. The zero-order chi connectivity index (χ0) is 22.4. The number of rotatable bonds is 5. The van der Waals surface area contributed by atoms with E-state index < -0.39 is 0 Å². The number of H-pyrrole nitrogens is 1. The van der Waals surface area contributed by atoms with E-state index in [9.17, 15) is 4.79 Å². The predicted molar refractivity (Wildman–Crippen MR) is 125 cm³/mol. The number of fused-ring (bicyclic) bond motifs is 2. The van der Waals surface area contributed by atoms with Gasteiger partial charge in [-0.1, -0.05) is 6.07 Å². The highest BCUT2D eigenvalue weighted by atomic mass is 16.5. The number of nitrogens with zero attached hydrogens (tertiary/aromatic N) is 5. The Hall–Kier alpha value is -3.17. The summed E-state index contributed by atoms with van der Waals surface area (Å²) in [5.41, 5.74) is 4.38. The first kappa shape index (κ1) is 20.4. The summed E-state index contributed by atoms with van der Waals surface area (Å²) in [7, 11) is 1.63. The molecular formula is C24H28N6O3. The summed E-state index contributed by atoms with van der Waals surface area (Å²) in [6, 6.07) is 8.30. The second kappa shape index (κ2) is 8.31. The van der Waals surface area contributed by atoms with E-state index in [1.165, 1.54) is 12.7 Å². The number of piperidine rings is 1. The number of benzene rings is 1. The Balaban J connectivity index is 1.26. The van der Waals surface area contributed by atoms with Crippen LogP contribution < -0.4 is 10.4 Å². The van der Waals surface area contributed by atoms with Gasteiger partial charge in [-0.3, -0.25) is 4.57 Å². The number of aromatic nitrogens is 5. The Morgan fingerprint density at radius 1 is 1.18 bits per heavy atom. The zero-order valence-corrected chi connectivity index (χ0v) is 18.7. The minimum atomic E-state index is -0.0332. The van der Waals surface area contributed by atoms with Crippen molar-refractivity contribution >= 4 is 16.7 Å². The molecule has 0 radical (unpaired) electrons. The van der Waals surface area contributed by atoms with Gasteiger partial charge in [-0.2, -0.15) is 5.10 Å². The van der Waals surface area contributed by atoms with Crippen molar-refractivity contribution in [2.75, 3.05) is 40.0 Å². The van der Waals surface area contributed by atoms with Crippen LogP contribution in [0.1, 0.15) is 25.3 Å². The van der Waals surface area contributed by atoms with Crippen molar-refractivity contribution < 1.29 is 9.47 Å². The lowest BCUT2D eigenvalue weighted by atomic mass is 10.0. The highest BCUT2D eigenvalue weighted by Crippen LogP contribution is 2.31. The van der Waals surface area contributed by atoms with Gasteiger partial charge in [0.15, 0.2) is 11.4 Å². The van der Waals surface area contributed by atoms with E-state index in [0.717, 1.165) is 67.8 Å². The molecule has 172 valence electrons. The molecule has 33 heavy (non-hydrogen) atoms. The number of pyridine rings is 1. The van der Waals surface area contributed by atoms with Gasteiger partial charge in [0.25, 0.3) is 0 Å². The highest BCUT2D eigenvalue weighted by Gasteiger charge is 2.26. The van der Waals surface area contributed by atoms with E-state index in [1.807, 2.05) is 29.0 Å². The molecule has 1 unspecified atom stereocenters. The SMILES string of the molecule is COc1cc(-c2ccc3c(c2)[nH]c(=O)n3C2CCN(CC3CCOC3)CC2)cn2ncnc12. The monoisotopic (exact) mass is 448 g/mol. The van der Waals surface area contributed by atoms with Gasteiger partial charge in [-0.15, -0.1) is 0 Å². The van der Waals surface area contributed by atoms with Crippen molar-refractivity contribution in [1.82, 2.24) is 29.0 Å². The van der Waals surface area contributed by atoms with Crippen LogP contribution in [0.25, 0.3) is 27.8 Å². The topological polar surface area (TPSA) is 89.7 Å². The Kier molecular flexibility index (Phi) is 5.15. The molecule has 9 heteroatoms. The number of aromatic amines is 1. The summed E-state index contributed by atoms with van der Waals surface area (Å²) in [6.45, 7) is 4.94. The highest BCUT2D eigenvalue weighted by molar-refractivity contribution is 5.83. The standard InChI is InChI=1S/C24H28N6O3/c1-32-22-11-18(13-29-23(22)25-15-26-29)17-2-3-21-20(10-17)27-24(31)30(21)19-4-7-28(8-5-19)12-16-6-9-33-14-16/h2-3,10-11,13,15-16,19H,4-9,12,14H2,1H3,(H,27,31). The van der Waals surface area contributed by atoms with Crippen LogP contribution in [-0.2, 0) is 4.74 Å². The molecule has 2 fully saturated rings. The predicted octanol–water partition coefficient (Wildman–Crippen LogP) is 2.72. The summed E-state index contributed by atoms with van der Waals surface area (Å²) < 4.78 is 14.7. The molecule has 3 aromatic heterocycles. The molecule has 9 nitrogen and oxygen atoms in total. The lowest BCUT2D eigenvalue weighted by Crippen LogP contribution is -2.39. The third-order valence-corrected chi connectivity index (χ3v) is 7.07. The number of likely N-dealkylation sites (tertiary alicyclic amines) is 1. The fourth-order valence-electron chi connectivity index (χ4n) is 5.33. The van der Waals surface area contributed by atoms with Crippen LogP contribution >= 0.6 is 0 Å². The van der Waals surface area contributed by atoms with E-state index in [-0.39, 0.29) is 11.7 Å². The average molecular weight is 449 g/mol. The molecule has 0 amide bonds. The van der Waals surface area contributed by atoms with E-state index in [2.05, 4.69) is 26.0 Å². The van der Waals surface area contributed by atoms with Crippen LogP contribution in [0.2, 0.25) is 0 Å². The summed E-state index contributed by atoms with van der Waals surface area (Å²) in [5, 5.41) is 4.25. The molecule has 2 aliphatic rings. The van der Waals surface area contributed by atoms with E-state index in [4.69, 9.17) is 9.47 Å². The number of ether oxygens (including phenoxy) is 2. The number of hydrogen-bond donors (Lipinski definition) is 1. The number of nitrogens with one attached hydrogen (secondary N) is 1.